The fourth-order valence-corrected chi connectivity index (χ4v) is 3.94. The van der Waals surface area contributed by atoms with Crippen molar-refractivity contribution in [2.45, 2.75) is 6.42 Å². The standard InChI is InChI=1S/C23H26N8/c1-30-9-7-21(29-30)20-14-26-22(28-23(20)25-12-16-6-8-24-11-16)18-5-3-4-17(10-18)19-13-27-31(2)15-19/h3-5,7,9-10,13-16,24H,6,8,11-12H2,1-2H3,(H,25,26,28)/t16-/m0/s1. The van der Waals surface area contributed by atoms with Gasteiger partial charge in [-0.1, -0.05) is 18.2 Å². The number of aryl methyl sites for hydroxylation is 2. The summed E-state index contributed by atoms with van der Waals surface area (Å²) in [5, 5.41) is 15.8. The number of aromatic nitrogens is 6. The van der Waals surface area contributed by atoms with Gasteiger partial charge in [0.25, 0.3) is 0 Å². The van der Waals surface area contributed by atoms with Gasteiger partial charge in [-0.3, -0.25) is 9.36 Å². The molecule has 8 heteroatoms. The lowest BCUT2D eigenvalue weighted by Crippen LogP contribution is -2.18. The van der Waals surface area contributed by atoms with E-state index in [-0.39, 0.29) is 0 Å². The van der Waals surface area contributed by atoms with Gasteiger partial charge in [-0.15, -0.1) is 0 Å². The second kappa shape index (κ2) is 8.31. The number of hydrogen-bond donors (Lipinski definition) is 2. The first-order valence-electron chi connectivity index (χ1n) is 10.6. The van der Waals surface area contributed by atoms with E-state index in [9.17, 15) is 0 Å². The van der Waals surface area contributed by atoms with E-state index in [1.165, 1.54) is 6.42 Å². The molecule has 0 spiro atoms. The van der Waals surface area contributed by atoms with Crippen LogP contribution in [0.3, 0.4) is 0 Å². The van der Waals surface area contributed by atoms with Gasteiger partial charge in [-0.05, 0) is 43.1 Å². The monoisotopic (exact) mass is 414 g/mol. The van der Waals surface area contributed by atoms with Crippen molar-refractivity contribution in [3.63, 3.8) is 0 Å². The number of rotatable bonds is 6. The molecule has 0 saturated carbocycles. The van der Waals surface area contributed by atoms with Gasteiger partial charge in [0.15, 0.2) is 5.82 Å². The van der Waals surface area contributed by atoms with Gasteiger partial charge < -0.3 is 10.6 Å². The molecule has 4 heterocycles. The Morgan fingerprint density at radius 2 is 2.00 bits per heavy atom. The highest BCUT2D eigenvalue weighted by Gasteiger charge is 2.17. The Morgan fingerprint density at radius 1 is 1.10 bits per heavy atom. The molecular weight excluding hydrogens is 388 g/mol. The molecule has 0 unspecified atom stereocenters. The molecule has 1 atom stereocenters. The highest BCUT2D eigenvalue weighted by molar-refractivity contribution is 5.75. The third kappa shape index (κ3) is 4.20. The summed E-state index contributed by atoms with van der Waals surface area (Å²) in [5.41, 5.74) is 4.92. The summed E-state index contributed by atoms with van der Waals surface area (Å²) < 4.78 is 3.60. The lowest BCUT2D eigenvalue weighted by molar-refractivity contribution is 0.614. The van der Waals surface area contributed by atoms with Crippen molar-refractivity contribution >= 4 is 5.82 Å². The zero-order valence-corrected chi connectivity index (χ0v) is 17.8. The maximum Gasteiger partial charge on any atom is 0.161 e. The van der Waals surface area contributed by atoms with Crippen molar-refractivity contribution in [2.75, 3.05) is 25.0 Å². The molecule has 0 aliphatic carbocycles. The summed E-state index contributed by atoms with van der Waals surface area (Å²) in [5.74, 6) is 2.11. The summed E-state index contributed by atoms with van der Waals surface area (Å²) in [6.45, 7) is 2.99. The molecule has 2 N–H and O–H groups in total. The Hall–Kier alpha value is -3.52. The van der Waals surface area contributed by atoms with Gasteiger partial charge in [-0.2, -0.15) is 10.2 Å². The third-order valence-corrected chi connectivity index (χ3v) is 5.66. The number of anilines is 1. The number of benzene rings is 1. The summed E-state index contributed by atoms with van der Waals surface area (Å²) in [6, 6.07) is 10.3. The van der Waals surface area contributed by atoms with Crippen LogP contribution in [-0.4, -0.2) is 49.2 Å². The van der Waals surface area contributed by atoms with Gasteiger partial charge in [0, 0.05) is 50.4 Å². The molecule has 0 radical (unpaired) electrons. The summed E-state index contributed by atoms with van der Waals surface area (Å²) in [6.07, 6.45) is 8.86. The first-order chi connectivity index (χ1) is 15.2. The lowest BCUT2D eigenvalue weighted by Gasteiger charge is -2.14. The predicted molar refractivity (Wildman–Crippen MR) is 121 cm³/mol. The average Bonchev–Trinajstić information content (AvgIpc) is 3.55. The minimum Gasteiger partial charge on any atom is -0.369 e. The average molecular weight is 415 g/mol. The molecule has 1 aliphatic heterocycles. The minimum atomic E-state index is 0.601. The molecule has 5 rings (SSSR count). The zero-order valence-electron chi connectivity index (χ0n) is 17.8. The molecule has 31 heavy (non-hydrogen) atoms. The Morgan fingerprint density at radius 3 is 2.74 bits per heavy atom. The normalized spacial score (nSPS) is 16.0. The quantitative estimate of drug-likeness (QED) is 0.505. The second-order valence-corrected chi connectivity index (χ2v) is 8.05. The van der Waals surface area contributed by atoms with Crippen LogP contribution < -0.4 is 10.6 Å². The molecule has 1 aliphatic rings. The molecule has 1 fully saturated rings. The molecule has 8 nitrogen and oxygen atoms in total. The van der Waals surface area contributed by atoms with E-state index in [4.69, 9.17) is 4.98 Å². The SMILES string of the molecule is Cn1cc(-c2cccc(-c3ncc(-c4ccn(C)n4)c(NC[C@H]4CCNC4)n3)c2)cn1. The van der Waals surface area contributed by atoms with Crippen molar-refractivity contribution in [2.24, 2.45) is 20.0 Å². The smallest absolute Gasteiger partial charge is 0.161 e. The van der Waals surface area contributed by atoms with E-state index < -0.39 is 0 Å². The lowest BCUT2D eigenvalue weighted by atomic mass is 10.1. The first kappa shape index (κ1) is 19.4. The Bertz CT molecular complexity index is 1190. The van der Waals surface area contributed by atoms with Crippen LogP contribution in [0.25, 0.3) is 33.8 Å². The largest absolute Gasteiger partial charge is 0.369 e. The van der Waals surface area contributed by atoms with Crippen molar-refractivity contribution in [1.82, 2.24) is 34.8 Å². The molecule has 1 saturated heterocycles. The van der Waals surface area contributed by atoms with Crippen LogP contribution in [0.15, 0.2) is 55.1 Å². The second-order valence-electron chi connectivity index (χ2n) is 8.05. The van der Waals surface area contributed by atoms with Crippen LogP contribution in [0.5, 0.6) is 0 Å². The molecule has 3 aromatic heterocycles. The number of nitrogens with zero attached hydrogens (tertiary/aromatic N) is 6. The van der Waals surface area contributed by atoms with E-state index in [2.05, 4.69) is 37.9 Å². The van der Waals surface area contributed by atoms with Crippen LogP contribution in [-0.2, 0) is 14.1 Å². The van der Waals surface area contributed by atoms with Crippen LogP contribution in [0.1, 0.15) is 6.42 Å². The number of nitrogens with one attached hydrogen (secondary N) is 2. The first-order valence-corrected chi connectivity index (χ1v) is 10.6. The maximum atomic E-state index is 4.92. The fraction of sp³-hybridized carbons (Fsp3) is 0.304. The van der Waals surface area contributed by atoms with Crippen molar-refractivity contribution in [3.8, 4) is 33.8 Å². The van der Waals surface area contributed by atoms with Gasteiger partial charge in [0.1, 0.15) is 5.82 Å². The molecule has 158 valence electrons. The van der Waals surface area contributed by atoms with E-state index in [1.807, 2.05) is 57.1 Å². The van der Waals surface area contributed by atoms with Crippen molar-refractivity contribution in [3.05, 3.63) is 55.1 Å². The molecular formula is C23H26N8. The molecule has 0 amide bonds. The van der Waals surface area contributed by atoms with Crippen molar-refractivity contribution in [1.29, 1.82) is 0 Å². The minimum absolute atomic E-state index is 0.601. The Kier molecular flexibility index (Phi) is 5.21. The highest BCUT2D eigenvalue weighted by atomic mass is 15.3. The number of hydrogen-bond acceptors (Lipinski definition) is 6. The molecule has 0 bridgehead atoms. The third-order valence-electron chi connectivity index (χ3n) is 5.66. The fourth-order valence-electron chi connectivity index (χ4n) is 3.94. The van der Waals surface area contributed by atoms with E-state index in [0.29, 0.717) is 11.7 Å². The van der Waals surface area contributed by atoms with Crippen LogP contribution in [0.2, 0.25) is 0 Å². The van der Waals surface area contributed by atoms with Gasteiger partial charge >= 0.3 is 0 Å². The van der Waals surface area contributed by atoms with E-state index in [0.717, 1.165) is 53.4 Å². The maximum absolute atomic E-state index is 4.92. The molecule has 1 aromatic carbocycles. The van der Waals surface area contributed by atoms with Crippen LogP contribution >= 0.6 is 0 Å². The zero-order chi connectivity index (χ0) is 21.2. The summed E-state index contributed by atoms with van der Waals surface area (Å²) >= 11 is 0. The Labute approximate surface area is 181 Å². The Balaban J connectivity index is 1.49. The van der Waals surface area contributed by atoms with E-state index in [1.54, 1.807) is 9.36 Å². The topological polar surface area (TPSA) is 85.5 Å². The van der Waals surface area contributed by atoms with Gasteiger partial charge in [-0.25, -0.2) is 9.97 Å². The van der Waals surface area contributed by atoms with Crippen LogP contribution in [0, 0.1) is 5.92 Å². The van der Waals surface area contributed by atoms with E-state index >= 15 is 0 Å². The van der Waals surface area contributed by atoms with Gasteiger partial charge in [0.2, 0.25) is 0 Å². The summed E-state index contributed by atoms with van der Waals surface area (Å²) in [7, 11) is 3.84. The molecule has 4 aromatic rings. The van der Waals surface area contributed by atoms with Crippen molar-refractivity contribution < 1.29 is 0 Å². The van der Waals surface area contributed by atoms with Crippen LogP contribution in [0.4, 0.5) is 5.82 Å². The highest BCUT2D eigenvalue weighted by Crippen LogP contribution is 2.29. The van der Waals surface area contributed by atoms with Gasteiger partial charge in [0.05, 0.1) is 17.5 Å². The summed E-state index contributed by atoms with van der Waals surface area (Å²) in [4.78, 5) is 9.60. The predicted octanol–water partition coefficient (Wildman–Crippen LogP) is 2.97.